The number of para-hydroxylation sites is 1. The van der Waals surface area contributed by atoms with E-state index in [-0.39, 0.29) is 23.4 Å². The van der Waals surface area contributed by atoms with Crippen molar-refractivity contribution in [2.45, 2.75) is 69.5 Å². The number of sulfonamides is 1. The van der Waals surface area contributed by atoms with Crippen molar-refractivity contribution in [1.82, 2.24) is 10.2 Å². The average molecular weight is 647 g/mol. The molecule has 0 radical (unpaired) electrons. The molecule has 3 aromatic carbocycles. The maximum absolute atomic E-state index is 14.2. The molecule has 0 aliphatic heterocycles. The van der Waals surface area contributed by atoms with Gasteiger partial charge in [-0.3, -0.25) is 13.9 Å². The molecule has 0 aromatic heterocycles. The summed E-state index contributed by atoms with van der Waals surface area (Å²) >= 11 is 12.4. The van der Waals surface area contributed by atoms with Gasteiger partial charge in [-0.2, -0.15) is 0 Å². The molecule has 0 saturated heterocycles. The molecule has 1 aliphatic rings. The van der Waals surface area contributed by atoms with Crippen LogP contribution in [-0.4, -0.2) is 50.4 Å². The molecule has 8 nitrogen and oxygen atoms in total. The van der Waals surface area contributed by atoms with Crippen LogP contribution in [0, 0.1) is 0 Å². The zero-order valence-electron chi connectivity index (χ0n) is 24.3. The van der Waals surface area contributed by atoms with Gasteiger partial charge in [-0.25, -0.2) is 8.42 Å². The lowest BCUT2D eigenvalue weighted by Gasteiger charge is -2.33. The number of hydrogen-bond donors (Lipinski definition) is 1. The van der Waals surface area contributed by atoms with Gasteiger partial charge in [0.1, 0.15) is 18.3 Å². The fourth-order valence-electron chi connectivity index (χ4n) is 5.25. The summed E-state index contributed by atoms with van der Waals surface area (Å²) in [6.07, 6.45) is 4.21. The highest BCUT2D eigenvalue weighted by molar-refractivity contribution is 7.92. The maximum Gasteiger partial charge on any atom is 0.264 e. The minimum atomic E-state index is -4.18. The Morgan fingerprint density at radius 1 is 0.953 bits per heavy atom. The first-order valence-electron chi connectivity index (χ1n) is 14.5. The molecule has 0 unspecified atom stereocenters. The summed E-state index contributed by atoms with van der Waals surface area (Å²) in [5, 5.41) is 3.79. The van der Waals surface area contributed by atoms with Crippen LogP contribution in [0.3, 0.4) is 0 Å². The molecule has 0 heterocycles. The van der Waals surface area contributed by atoms with E-state index in [0.29, 0.717) is 40.1 Å². The van der Waals surface area contributed by atoms with Crippen molar-refractivity contribution < 1.29 is 22.7 Å². The molecular weight excluding hydrogens is 609 g/mol. The second-order valence-corrected chi connectivity index (χ2v) is 13.1. The fourth-order valence-corrected chi connectivity index (χ4v) is 6.98. The van der Waals surface area contributed by atoms with Gasteiger partial charge in [-0.05, 0) is 80.3 Å². The number of rotatable bonds is 13. The Bertz CT molecular complexity index is 1500. The molecule has 43 heavy (non-hydrogen) atoms. The second kappa shape index (κ2) is 14.9. The summed E-state index contributed by atoms with van der Waals surface area (Å²) < 4.78 is 34.6. The Morgan fingerprint density at radius 2 is 1.63 bits per heavy atom. The number of hydrogen-bond acceptors (Lipinski definition) is 5. The number of halogens is 2. The van der Waals surface area contributed by atoms with Gasteiger partial charge in [-0.15, -0.1) is 0 Å². The Balaban J connectivity index is 1.70. The zero-order chi connectivity index (χ0) is 31.0. The molecule has 1 fully saturated rings. The monoisotopic (exact) mass is 645 g/mol. The third-order valence-corrected chi connectivity index (χ3v) is 10.00. The predicted octanol–water partition coefficient (Wildman–Crippen LogP) is 6.45. The van der Waals surface area contributed by atoms with Gasteiger partial charge in [0.15, 0.2) is 0 Å². The summed E-state index contributed by atoms with van der Waals surface area (Å²) in [4.78, 5) is 29.2. The SMILES string of the molecule is CCOc1ccc(S(=O)(=O)N(CC(=O)N(Cc2ccc(Cl)c(Cl)c2)[C@H](CC)C(=O)NC2CCCC2)c2ccccc2)cc1. The number of anilines is 1. The van der Waals surface area contributed by atoms with E-state index in [2.05, 4.69) is 5.32 Å². The number of nitrogens with zero attached hydrogens (tertiary/aromatic N) is 2. The van der Waals surface area contributed by atoms with Crippen LogP contribution in [0.5, 0.6) is 5.75 Å². The first-order chi connectivity index (χ1) is 20.6. The molecule has 11 heteroatoms. The van der Waals surface area contributed by atoms with Gasteiger partial charge in [0, 0.05) is 12.6 Å². The van der Waals surface area contributed by atoms with Crippen molar-refractivity contribution in [1.29, 1.82) is 0 Å². The highest BCUT2D eigenvalue weighted by Crippen LogP contribution is 2.28. The van der Waals surface area contributed by atoms with Crippen LogP contribution < -0.4 is 14.4 Å². The van der Waals surface area contributed by atoms with Crippen molar-refractivity contribution >= 4 is 50.7 Å². The minimum absolute atomic E-state index is 0.00894. The van der Waals surface area contributed by atoms with Gasteiger partial charge in [0.05, 0.1) is 27.2 Å². The van der Waals surface area contributed by atoms with Gasteiger partial charge in [0.2, 0.25) is 11.8 Å². The first-order valence-corrected chi connectivity index (χ1v) is 16.7. The number of nitrogens with one attached hydrogen (secondary N) is 1. The molecule has 3 aromatic rings. The molecule has 1 aliphatic carbocycles. The van der Waals surface area contributed by atoms with E-state index in [9.17, 15) is 18.0 Å². The van der Waals surface area contributed by atoms with Gasteiger partial charge in [-0.1, -0.05) is 67.2 Å². The lowest BCUT2D eigenvalue weighted by atomic mass is 10.1. The van der Waals surface area contributed by atoms with Gasteiger partial charge >= 0.3 is 0 Å². The third kappa shape index (κ3) is 8.22. The lowest BCUT2D eigenvalue weighted by Crippen LogP contribution is -2.53. The summed E-state index contributed by atoms with van der Waals surface area (Å²) in [5.74, 6) is -0.253. The van der Waals surface area contributed by atoms with Crippen molar-refractivity contribution in [3.63, 3.8) is 0 Å². The number of ether oxygens (including phenoxy) is 1. The molecule has 4 rings (SSSR count). The molecule has 1 saturated carbocycles. The molecule has 0 bridgehead atoms. The molecule has 1 N–H and O–H groups in total. The number of carbonyl (C=O) groups is 2. The smallest absolute Gasteiger partial charge is 0.264 e. The maximum atomic E-state index is 14.2. The highest BCUT2D eigenvalue weighted by Gasteiger charge is 2.34. The Morgan fingerprint density at radius 3 is 2.23 bits per heavy atom. The first kappa shape index (κ1) is 32.6. The number of benzene rings is 3. The number of carbonyl (C=O) groups excluding carboxylic acids is 2. The van der Waals surface area contributed by atoms with E-state index in [0.717, 1.165) is 30.0 Å². The normalized spacial score (nSPS) is 14.2. The second-order valence-electron chi connectivity index (χ2n) is 10.4. The minimum Gasteiger partial charge on any atom is -0.494 e. The van der Waals surface area contributed by atoms with E-state index < -0.39 is 28.5 Å². The van der Waals surface area contributed by atoms with Crippen LogP contribution in [-0.2, 0) is 26.2 Å². The number of amides is 2. The van der Waals surface area contributed by atoms with Crippen LogP contribution in [0.1, 0.15) is 51.5 Å². The van der Waals surface area contributed by atoms with Crippen LogP contribution in [0.25, 0.3) is 0 Å². The van der Waals surface area contributed by atoms with Crippen molar-refractivity contribution in [2.75, 3.05) is 17.5 Å². The van der Waals surface area contributed by atoms with Crippen molar-refractivity contribution in [3.8, 4) is 5.75 Å². The highest BCUT2D eigenvalue weighted by atomic mass is 35.5. The topological polar surface area (TPSA) is 96.0 Å². The predicted molar refractivity (Wildman–Crippen MR) is 170 cm³/mol. The Hall–Kier alpha value is -3.27. The largest absolute Gasteiger partial charge is 0.494 e. The molecule has 2 amide bonds. The molecule has 230 valence electrons. The Labute approximate surface area is 264 Å². The van der Waals surface area contributed by atoms with E-state index in [4.69, 9.17) is 27.9 Å². The summed E-state index contributed by atoms with van der Waals surface area (Å²) in [6, 6.07) is 18.8. The van der Waals surface area contributed by atoms with E-state index >= 15 is 0 Å². The quantitative estimate of drug-likeness (QED) is 0.230. The van der Waals surface area contributed by atoms with Crippen molar-refractivity contribution in [2.24, 2.45) is 0 Å². The zero-order valence-corrected chi connectivity index (χ0v) is 26.7. The van der Waals surface area contributed by atoms with E-state index in [1.54, 1.807) is 60.7 Å². The van der Waals surface area contributed by atoms with Crippen LogP contribution in [0.15, 0.2) is 77.7 Å². The van der Waals surface area contributed by atoms with Crippen LogP contribution in [0.4, 0.5) is 5.69 Å². The summed E-state index contributed by atoms with van der Waals surface area (Å²) in [7, 11) is -4.18. The van der Waals surface area contributed by atoms with Crippen LogP contribution >= 0.6 is 23.2 Å². The fraction of sp³-hybridized carbons (Fsp3) is 0.375. The van der Waals surface area contributed by atoms with E-state index in [1.807, 2.05) is 13.8 Å². The van der Waals surface area contributed by atoms with Crippen molar-refractivity contribution in [3.05, 3.63) is 88.4 Å². The molecule has 1 atom stereocenters. The average Bonchev–Trinajstić information content (AvgIpc) is 3.51. The van der Waals surface area contributed by atoms with E-state index in [1.165, 1.54) is 17.0 Å². The Kier molecular flexibility index (Phi) is 11.3. The standard InChI is InChI=1S/C32H37Cl2N3O5S/c1-3-30(32(39)35-24-10-8-9-11-24)36(21-23-14-19-28(33)29(34)20-23)31(38)22-37(25-12-6-5-7-13-25)43(40,41)27-17-15-26(16-18-27)42-4-2/h5-7,12-20,24,30H,3-4,8-11,21-22H2,1-2H3,(H,35,39)/t30-/m1/s1. The van der Waals surface area contributed by atoms with Crippen LogP contribution in [0.2, 0.25) is 10.0 Å². The molecular formula is C32H37Cl2N3O5S. The third-order valence-electron chi connectivity index (χ3n) is 7.47. The summed E-state index contributed by atoms with van der Waals surface area (Å²) in [6.45, 7) is 3.64. The molecule has 0 spiro atoms. The lowest BCUT2D eigenvalue weighted by molar-refractivity contribution is -0.140. The van der Waals surface area contributed by atoms with Gasteiger partial charge < -0.3 is 15.0 Å². The van der Waals surface area contributed by atoms with Gasteiger partial charge in [0.25, 0.3) is 10.0 Å². The summed E-state index contributed by atoms with van der Waals surface area (Å²) in [5.41, 5.74) is 0.984.